The summed E-state index contributed by atoms with van der Waals surface area (Å²) in [6, 6.07) is 0. The van der Waals surface area contributed by atoms with Crippen molar-refractivity contribution in [3.63, 3.8) is 0 Å². The highest BCUT2D eigenvalue weighted by molar-refractivity contribution is 5.71. The van der Waals surface area contributed by atoms with Crippen LogP contribution in [0.15, 0.2) is 0 Å². The standard InChI is InChI=1S/3C3H6O3.C2H4O2/c3*1-2(4)3(5)6;3-1-2-4/h3*2,4H,1H3,(H,5,6);1,4H,2H2. The maximum atomic E-state index is 9.45. The predicted molar refractivity (Wildman–Crippen MR) is 71.1 cm³/mol. The Bertz CT molecular complexity index is 266. The topological polar surface area (TPSA) is 210 Å². The first-order valence-electron chi connectivity index (χ1n) is 5.62. The van der Waals surface area contributed by atoms with Crippen molar-refractivity contribution in [3.05, 3.63) is 0 Å². The molecule has 0 saturated carbocycles. The first kappa shape index (κ1) is 28.1. The molecule has 0 rings (SSSR count). The molecule has 0 saturated heterocycles. The summed E-state index contributed by atoms with van der Waals surface area (Å²) in [4.78, 5) is 37.3. The number of aliphatic hydroxyl groups excluding tert-OH is 4. The molecule has 0 aromatic rings. The van der Waals surface area contributed by atoms with Crippen LogP contribution in [0.2, 0.25) is 0 Å². The summed E-state index contributed by atoms with van der Waals surface area (Å²) < 4.78 is 0. The normalized spacial score (nSPS) is 12.3. The highest BCUT2D eigenvalue weighted by atomic mass is 16.4. The van der Waals surface area contributed by atoms with Gasteiger partial charge in [0.25, 0.3) is 0 Å². The molecule has 7 N–H and O–H groups in total. The molecule has 0 amide bonds. The van der Waals surface area contributed by atoms with Crippen molar-refractivity contribution in [3.8, 4) is 0 Å². The number of carbonyl (C=O) groups is 4. The summed E-state index contributed by atoms with van der Waals surface area (Å²) in [5.41, 5.74) is 0. The van der Waals surface area contributed by atoms with E-state index >= 15 is 0 Å². The number of rotatable bonds is 4. The van der Waals surface area contributed by atoms with Crippen LogP contribution in [0.1, 0.15) is 20.8 Å². The molecule has 11 heteroatoms. The second-order valence-electron chi connectivity index (χ2n) is 3.39. The number of hydrogen-bond donors (Lipinski definition) is 7. The fraction of sp³-hybridized carbons (Fsp3) is 0.636. The van der Waals surface area contributed by atoms with Crippen LogP contribution in [0.5, 0.6) is 0 Å². The van der Waals surface area contributed by atoms with Gasteiger partial charge in [-0.2, -0.15) is 0 Å². The molecule has 22 heavy (non-hydrogen) atoms. The Hall–Kier alpha value is -2.08. The molecule has 0 aromatic carbocycles. The third-order valence-corrected chi connectivity index (χ3v) is 1.15. The Morgan fingerprint density at radius 2 is 0.864 bits per heavy atom. The van der Waals surface area contributed by atoms with E-state index in [1.165, 1.54) is 20.8 Å². The fourth-order valence-corrected chi connectivity index (χ4v) is 0. The van der Waals surface area contributed by atoms with E-state index in [0.717, 1.165) is 0 Å². The second kappa shape index (κ2) is 18.9. The third kappa shape index (κ3) is 43.0. The Morgan fingerprint density at radius 3 is 0.864 bits per heavy atom. The third-order valence-electron chi connectivity index (χ3n) is 1.15. The van der Waals surface area contributed by atoms with E-state index in [2.05, 4.69) is 0 Å². The van der Waals surface area contributed by atoms with E-state index in [9.17, 15) is 14.4 Å². The SMILES string of the molecule is CC(O)C(=O)O.CC(O)C(=O)O.CC(O)C(=O)O.O=CCO. The van der Waals surface area contributed by atoms with Crippen LogP contribution in [0.4, 0.5) is 0 Å². The van der Waals surface area contributed by atoms with E-state index in [1.807, 2.05) is 0 Å². The lowest BCUT2D eigenvalue weighted by molar-refractivity contribution is -0.146. The van der Waals surface area contributed by atoms with Gasteiger partial charge in [-0.25, -0.2) is 14.4 Å². The molecule has 0 aromatic heterocycles. The zero-order valence-corrected chi connectivity index (χ0v) is 12.3. The molecule has 11 nitrogen and oxygen atoms in total. The summed E-state index contributed by atoms with van der Waals surface area (Å²) in [6.45, 7) is 3.23. The largest absolute Gasteiger partial charge is 0.479 e. The number of aliphatic hydroxyl groups is 4. The van der Waals surface area contributed by atoms with Crippen molar-refractivity contribution in [1.29, 1.82) is 0 Å². The van der Waals surface area contributed by atoms with Crippen LogP contribution in [0, 0.1) is 0 Å². The second-order valence-corrected chi connectivity index (χ2v) is 3.39. The highest BCUT2D eigenvalue weighted by Gasteiger charge is 2.02. The Morgan fingerprint density at radius 1 is 0.773 bits per heavy atom. The van der Waals surface area contributed by atoms with Crippen molar-refractivity contribution in [2.75, 3.05) is 6.61 Å². The van der Waals surface area contributed by atoms with E-state index in [0.29, 0.717) is 6.29 Å². The molecule has 0 spiro atoms. The van der Waals surface area contributed by atoms with Crippen LogP contribution in [0.25, 0.3) is 0 Å². The van der Waals surface area contributed by atoms with Crippen LogP contribution in [-0.4, -0.2) is 84.9 Å². The van der Waals surface area contributed by atoms with Gasteiger partial charge in [0.2, 0.25) is 0 Å². The smallest absolute Gasteiger partial charge is 0.332 e. The summed E-state index contributed by atoms with van der Waals surface area (Å²) >= 11 is 0. The van der Waals surface area contributed by atoms with Gasteiger partial charge in [-0.15, -0.1) is 0 Å². The van der Waals surface area contributed by atoms with Gasteiger partial charge < -0.3 is 40.5 Å². The Labute approximate surface area is 126 Å². The number of aldehydes is 1. The molecule has 0 aliphatic rings. The van der Waals surface area contributed by atoms with Crippen molar-refractivity contribution < 1.29 is 54.9 Å². The van der Waals surface area contributed by atoms with E-state index in [-0.39, 0.29) is 6.61 Å². The van der Waals surface area contributed by atoms with Gasteiger partial charge in [0.1, 0.15) is 24.6 Å². The lowest BCUT2D eigenvalue weighted by atomic mass is 10.4. The highest BCUT2D eigenvalue weighted by Crippen LogP contribution is 1.74. The summed E-state index contributed by atoms with van der Waals surface area (Å²) in [5.74, 6) is -3.56. The molecule has 0 fully saturated rings. The average Bonchev–Trinajstić information content (AvgIpc) is 2.39. The molecule has 3 atom stereocenters. The monoisotopic (exact) mass is 330 g/mol. The van der Waals surface area contributed by atoms with E-state index in [1.54, 1.807) is 0 Å². The lowest BCUT2D eigenvalue weighted by Crippen LogP contribution is -2.13. The first-order chi connectivity index (χ1) is 9.84. The molecule has 0 heterocycles. The molecule has 3 unspecified atom stereocenters. The summed E-state index contributed by atoms with van der Waals surface area (Å²) in [5, 5.41) is 54.8. The van der Waals surface area contributed by atoms with Crippen molar-refractivity contribution in [2.24, 2.45) is 0 Å². The van der Waals surface area contributed by atoms with Crippen LogP contribution < -0.4 is 0 Å². The number of aliphatic carboxylic acids is 3. The van der Waals surface area contributed by atoms with Gasteiger partial charge in [-0.1, -0.05) is 0 Å². The number of carboxylic acid groups (broad SMARTS) is 3. The maximum absolute atomic E-state index is 9.45. The summed E-state index contributed by atoms with van der Waals surface area (Å²) in [6.07, 6.45) is -3.26. The van der Waals surface area contributed by atoms with Gasteiger partial charge in [-0.05, 0) is 20.8 Å². The number of carboxylic acids is 3. The molecule has 0 bridgehead atoms. The Kier molecular flexibility index (Phi) is 24.2. The van der Waals surface area contributed by atoms with Gasteiger partial charge in [0, 0.05) is 0 Å². The predicted octanol–water partition coefficient (Wildman–Crippen LogP) is -2.47. The minimum atomic E-state index is -1.23. The minimum Gasteiger partial charge on any atom is -0.479 e. The van der Waals surface area contributed by atoms with Gasteiger partial charge in [0.05, 0.1) is 6.61 Å². The van der Waals surface area contributed by atoms with Gasteiger partial charge in [-0.3, -0.25) is 0 Å². The van der Waals surface area contributed by atoms with E-state index in [4.69, 9.17) is 40.5 Å². The van der Waals surface area contributed by atoms with Crippen LogP contribution in [-0.2, 0) is 19.2 Å². The van der Waals surface area contributed by atoms with Crippen molar-refractivity contribution in [1.82, 2.24) is 0 Å². The quantitative estimate of drug-likeness (QED) is 0.268. The zero-order chi connectivity index (χ0) is 18.9. The van der Waals surface area contributed by atoms with Crippen LogP contribution in [0.3, 0.4) is 0 Å². The summed E-state index contributed by atoms with van der Waals surface area (Å²) in [7, 11) is 0. The van der Waals surface area contributed by atoms with Crippen LogP contribution >= 0.6 is 0 Å². The molecule has 132 valence electrons. The Balaban J connectivity index is -0.0000000994. The number of carbonyl (C=O) groups excluding carboxylic acids is 1. The molecule has 0 aliphatic heterocycles. The first-order valence-corrected chi connectivity index (χ1v) is 5.62. The van der Waals surface area contributed by atoms with Crippen molar-refractivity contribution in [2.45, 2.75) is 39.1 Å². The molecule has 0 radical (unpaired) electrons. The number of hydrogen-bond acceptors (Lipinski definition) is 8. The zero-order valence-electron chi connectivity index (χ0n) is 12.3. The molecular formula is C11H22O11. The lowest BCUT2D eigenvalue weighted by Gasteiger charge is -1.89. The van der Waals surface area contributed by atoms with Crippen molar-refractivity contribution >= 4 is 24.2 Å². The fourth-order valence-electron chi connectivity index (χ4n) is 0. The average molecular weight is 330 g/mol. The maximum Gasteiger partial charge on any atom is 0.332 e. The van der Waals surface area contributed by atoms with E-state index < -0.39 is 36.2 Å². The minimum absolute atomic E-state index is 0.361. The van der Waals surface area contributed by atoms with Gasteiger partial charge in [0.15, 0.2) is 0 Å². The molecule has 0 aliphatic carbocycles. The molecular weight excluding hydrogens is 308 g/mol. The van der Waals surface area contributed by atoms with Gasteiger partial charge >= 0.3 is 17.9 Å².